The summed E-state index contributed by atoms with van der Waals surface area (Å²) in [5, 5.41) is 7.19. The van der Waals surface area contributed by atoms with Crippen molar-refractivity contribution in [1.29, 1.82) is 0 Å². The first-order valence-electron chi connectivity index (χ1n) is 5.82. The van der Waals surface area contributed by atoms with Crippen LogP contribution in [0.3, 0.4) is 0 Å². The lowest BCUT2D eigenvalue weighted by Crippen LogP contribution is -2.30. The van der Waals surface area contributed by atoms with Gasteiger partial charge < -0.3 is 9.47 Å². The molecule has 7 heteroatoms. The van der Waals surface area contributed by atoms with Gasteiger partial charge in [-0.1, -0.05) is 5.16 Å². The molecule has 0 N–H and O–H groups in total. The molecule has 3 aliphatic rings. The molecule has 0 unspecified atom stereocenters. The van der Waals surface area contributed by atoms with Crippen molar-refractivity contribution in [2.45, 2.75) is 19.3 Å². The predicted octanol–water partition coefficient (Wildman–Crippen LogP) is -0.253. The van der Waals surface area contributed by atoms with Crippen molar-refractivity contribution in [2.75, 3.05) is 6.61 Å². The fraction of sp³-hybridized carbons (Fsp3) is 0.636. The van der Waals surface area contributed by atoms with E-state index in [4.69, 9.17) is 9.47 Å². The van der Waals surface area contributed by atoms with Crippen LogP contribution in [0.1, 0.15) is 16.2 Å². The predicted molar refractivity (Wildman–Crippen MR) is 53.5 cm³/mol. The molecule has 2 saturated heterocycles. The molecule has 0 amide bonds. The van der Waals surface area contributed by atoms with Crippen LogP contribution in [0.15, 0.2) is 4.63 Å². The zero-order valence-electron chi connectivity index (χ0n) is 9.53. The van der Waals surface area contributed by atoms with Gasteiger partial charge in [-0.25, -0.2) is 4.63 Å². The summed E-state index contributed by atoms with van der Waals surface area (Å²) in [6, 6.07) is 0. The summed E-state index contributed by atoms with van der Waals surface area (Å²) in [5.74, 6) is -0.990. The second-order valence-corrected chi connectivity index (χ2v) is 4.93. The zero-order chi connectivity index (χ0) is 12.4. The first-order chi connectivity index (χ1) is 8.68. The molecule has 1 aromatic heterocycles. The monoisotopic (exact) mass is 250 g/mol. The fourth-order valence-corrected chi connectivity index (χ4v) is 3.04. The largest absolute Gasteiger partial charge is 0.343 e. The van der Waals surface area contributed by atoms with Crippen molar-refractivity contribution >= 4 is 11.6 Å². The second-order valence-electron chi connectivity index (χ2n) is 4.93. The van der Waals surface area contributed by atoms with Crippen molar-refractivity contribution in [2.24, 2.45) is 17.8 Å². The van der Waals surface area contributed by atoms with Gasteiger partial charge in [-0.15, -0.1) is 0 Å². The van der Waals surface area contributed by atoms with Gasteiger partial charge in [0.25, 0.3) is 0 Å². The number of Topliss-reactive ketones (excluding diaryl/α,β-unsaturated/α-hetero) is 2. The van der Waals surface area contributed by atoms with Crippen LogP contribution >= 0.6 is 0 Å². The van der Waals surface area contributed by atoms with Gasteiger partial charge in [-0.2, -0.15) is 0 Å². The molecule has 3 fully saturated rings. The Kier molecular flexibility index (Phi) is 1.86. The maximum absolute atomic E-state index is 12.3. The average Bonchev–Trinajstić information content (AvgIpc) is 2.74. The van der Waals surface area contributed by atoms with E-state index in [1.165, 1.54) is 0 Å². The Hall–Kier alpha value is -1.60. The number of hydrogen-bond donors (Lipinski definition) is 0. The van der Waals surface area contributed by atoms with E-state index >= 15 is 0 Å². The lowest BCUT2D eigenvalue weighted by Gasteiger charge is -2.14. The third-order valence-electron chi connectivity index (χ3n) is 3.96. The summed E-state index contributed by atoms with van der Waals surface area (Å²) in [6.45, 7) is 2.04. The number of hydrogen-bond acceptors (Lipinski definition) is 7. The Morgan fingerprint density at radius 1 is 1.39 bits per heavy atom. The number of nitrogens with zero attached hydrogens (tertiary/aromatic N) is 2. The van der Waals surface area contributed by atoms with Crippen LogP contribution in [-0.2, 0) is 14.3 Å². The molecule has 1 aromatic rings. The number of aromatic nitrogens is 2. The lowest BCUT2D eigenvalue weighted by atomic mass is 10.1. The standard InChI is InChI=1S/C11H10N2O5/c1-3-8(13-18-12-3)9(14)6-5-4-2-16-11(17-4)10(15)7(5)6/h4-7,11H,2H2,1H3/t4-,5+,6-,7+,11-/m1/s1. The summed E-state index contributed by atoms with van der Waals surface area (Å²) in [7, 11) is 0. The van der Waals surface area contributed by atoms with Gasteiger partial charge >= 0.3 is 0 Å². The third kappa shape index (κ3) is 1.15. The number of fused-ring (bicyclic) bond motifs is 4. The zero-order valence-corrected chi connectivity index (χ0v) is 9.53. The van der Waals surface area contributed by atoms with Gasteiger partial charge in [0.1, 0.15) is 5.69 Å². The lowest BCUT2D eigenvalue weighted by molar-refractivity contribution is -0.153. The van der Waals surface area contributed by atoms with Crippen molar-refractivity contribution in [1.82, 2.24) is 10.3 Å². The average molecular weight is 250 g/mol. The number of aryl methyl sites for hydroxylation is 1. The van der Waals surface area contributed by atoms with E-state index in [9.17, 15) is 9.59 Å². The summed E-state index contributed by atoms with van der Waals surface area (Å²) in [6.07, 6.45) is -0.919. The topological polar surface area (TPSA) is 91.5 Å². The van der Waals surface area contributed by atoms with Gasteiger partial charge in [0, 0.05) is 17.8 Å². The van der Waals surface area contributed by atoms with Crippen LogP contribution in [0.5, 0.6) is 0 Å². The molecular formula is C11H10N2O5. The van der Waals surface area contributed by atoms with Crippen LogP contribution in [0.2, 0.25) is 0 Å². The normalized spacial score (nSPS) is 40.7. The molecule has 18 heavy (non-hydrogen) atoms. The van der Waals surface area contributed by atoms with E-state index in [-0.39, 0.29) is 41.1 Å². The van der Waals surface area contributed by atoms with Crippen LogP contribution in [0.25, 0.3) is 0 Å². The molecule has 2 aliphatic heterocycles. The van der Waals surface area contributed by atoms with Crippen LogP contribution in [0, 0.1) is 24.7 Å². The first-order valence-corrected chi connectivity index (χ1v) is 5.82. The molecule has 94 valence electrons. The molecule has 5 atom stereocenters. The molecule has 1 aliphatic carbocycles. The number of ketones is 2. The fourth-order valence-electron chi connectivity index (χ4n) is 3.04. The van der Waals surface area contributed by atoms with E-state index in [1.807, 2.05) is 0 Å². The maximum Gasteiger partial charge on any atom is 0.218 e. The summed E-state index contributed by atoms with van der Waals surface area (Å²) >= 11 is 0. The van der Waals surface area contributed by atoms with Crippen molar-refractivity contribution in [3.63, 3.8) is 0 Å². The molecular weight excluding hydrogens is 240 g/mol. The van der Waals surface area contributed by atoms with Crippen molar-refractivity contribution in [3.05, 3.63) is 11.4 Å². The molecule has 0 aromatic carbocycles. The Labute approximate surface area is 101 Å². The van der Waals surface area contributed by atoms with E-state index in [2.05, 4.69) is 14.9 Å². The summed E-state index contributed by atoms with van der Waals surface area (Å²) < 4.78 is 15.1. The van der Waals surface area contributed by atoms with E-state index in [1.54, 1.807) is 6.92 Å². The molecule has 4 rings (SSSR count). The Morgan fingerprint density at radius 2 is 2.22 bits per heavy atom. The Morgan fingerprint density at radius 3 is 2.94 bits per heavy atom. The quantitative estimate of drug-likeness (QED) is 0.668. The highest BCUT2D eigenvalue weighted by atomic mass is 16.7. The van der Waals surface area contributed by atoms with Crippen LogP contribution in [-0.4, -0.2) is 40.9 Å². The minimum absolute atomic E-state index is 0.0696. The summed E-state index contributed by atoms with van der Waals surface area (Å²) in [5.41, 5.74) is 0.678. The van der Waals surface area contributed by atoms with E-state index in [0.29, 0.717) is 12.3 Å². The number of rotatable bonds is 2. The van der Waals surface area contributed by atoms with Gasteiger partial charge in [0.15, 0.2) is 17.3 Å². The van der Waals surface area contributed by atoms with Crippen molar-refractivity contribution < 1.29 is 23.7 Å². The SMILES string of the molecule is Cc1nonc1C(=O)[C@H]1[C@H]2C(=O)[C@@H]3OC[C@@H](O3)[C@H]21. The Balaban J connectivity index is 1.64. The number of carbonyl (C=O) groups excluding carboxylic acids is 2. The highest BCUT2D eigenvalue weighted by molar-refractivity contribution is 6.05. The van der Waals surface area contributed by atoms with Gasteiger partial charge in [0.05, 0.1) is 12.7 Å². The minimum atomic E-state index is -0.773. The van der Waals surface area contributed by atoms with E-state index < -0.39 is 6.29 Å². The smallest absolute Gasteiger partial charge is 0.218 e. The van der Waals surface area contributed by atoms with Gasteiger partial charge in [0.2, 0.25) is 6.29 Å². The summed E-state index contributed by atoms with van der Waals surface area (Å²) in [4.78, 5) is 24.2. The minimum Gasteiger partial charge on any atom is -0.343 e. The molecule has 0 radical (unpaired) electrons. The van der Waals surface area contributed by atoms with E-state index in [0.717, 1.165) is 0 Å². The maximum atomic E-state index is 12.3. The third-order valence-corrected chi connectivity index (χ3v) is 3.96. The molecule has 7 nitrogen and oxygen atoms in total. The Bertz CT molecular complexity index is 553. The number of ether oxygens (including phenoxy) is 2. The molecule has 1 saturated carbocycles. The molecule has 2 bridgehead atoms. The van der Waals surface area contributed by atoms with Crippen LogP contribution in [0.4, 0.5) is 0 Å². The highest BCUT2D eigenvalue weighted by Gasteiger charge is 2.69. The van der Waals surface area contributed by atoms with Gasteiger partial charge in [-0.3, -0.25) is 9.59 Å². The number of carbonyl (C=O) groups is 2. The second kappa shape index (κ2) is 3.24. The van der Waals surface area contributed by atoms with Crippen LogP contribution < -0.4 is 0 Å². The van der Waals surface area contributed by atoms with Crippen molar-refractivity contribution in [3.8, 4) is 0 Å². The molecule has 0 spiro atoms. The highest BCUT2D eigenvalue weighted by Crippen LogP contribution is 2.57. The first kappa shape index (κ1) is 10.3. The van der Waals surface area contributed by atoms with Gasteiger partial charge in [-0.05, 0) is 12.1 Å². The molecule has 3 heterocycles.